The number of fused-ring (bicyclic) bond motifs is 1. The molecule has 1 fully saturated rings. The van der Waals surface area contributed by atoms with Crippen molar-refractivity contribution in [1.29, 1.82) is 0 Å². The molecule has 36 heavy (non-hydrogen) atoms. The summed E-state index contributed by atoms with van der Waals surface area (Å²) in [5, 5.41) is 2.70. The summed E-state index contributed by atoms with van der Waals surface area (Å²) in [6.07, 6.45) is 5.99. The molecular weight excluding hydrogens is 464 g/mol. The lowest BCUT2D eigenvalue weighted by Gasteiger charge is -2.26. The van der Waals surface area contributed by atoms with Crippen molar-refractivity contribution < 1.29 is 18.4 Å². The number of hydrogen-bond acceptors (Lipinski definition) is 4. The maximum atomic E-state index is 14.3. The fourth-order valence-corrected chi connectivity index (χ4v) is 4.61. The van der Waals surface area contributed by atoms with E-state index in [2.05, 4.69) is 10.3 Å². The van der Waals surface area contributed by atoms with Crippen LogP contribution in [0.25, 0.3) is 11.0 Å². The van der Waals surface area contributed by atoms with Crippen molar-refractivity contribution in [1.82, 2.24) is 19.4 Å². The maximum Gasteiger partial charge on any atom is 0.261 e. The summed E-state index contributed by atoms with van der Waals surface area (Å²) in [6, 6.07) is 8.30. The van der Waals surface area contributed by atoms with E-state index in [1.807, 2.05) is 59.7 Å². The smallest absolute Gasteiger partial charge is 0.261 e. The maximum absolute atomic E-state index is 14.3. The molecule has 2 heterocycles. The summed E-state index contributed by atoms with van der Waals surface area (Å²) in [7, 11) is 3.88. The summed E-state index contributed by atoms with van der Waals surface area (Å²) >= 11 is 0. The minimum atomic E-state index is -0.816. The van der Waals surface area contributed by atoms with Gasteiger partial charge in [0.25, 0.3) is 5.91 Å². The second-order valence-corrected chi connectivity index (χ2v) is 9.42. The lowest BCUT2D eigenvalue weighted by Crippen LogP contribution is -2.35. The molecule has 2 amide bonds. The highest BCUT2D eigenvalue weighted by atomic mass is 19.1. The molecule has 190 valence electrons. The number of carbonyl (C=O) groups excluding carboxylic acids is 2. The van der Waals surface area contributed by atoms with Gasteiger partial charge in [-0.25, -0.2) is 13.8 Å². The molecule has 2 aromatic carbocycles. The second-order valence-electron chi connectivity index (χ2n) is 9.42. The SMILES string of the molecule is Cc1cccc2nc(NC(=O)c3cc(F)ccc3F)n(C3CCCCN(C(=O)C=CCN(C)C)C3)c12. The molecule has 9 heteroatoms. The molecule has 1 unspecified atom stereocenters. The van der Waals surface area contributed by atoms with Crippen molar-refractivity contribution in [3.63, 3.8) is 0 Å². The van der Waals surface area contributed by atoms with Crippen LogP contribution in [0.1, 0.15) is 41.2 Å². The molecule has 3 aromatic rings. The van der Waals surface area contributed by atoms with Gasteiger partial charge in [0.05, 0.1) is 22.6 Å². The average molecular weight is 496 g/mol. The van der Waals surface area contributed by atoms with Crippen LogP contribution in [0.2, 0.25) is 0 Å². The molecule has 0 radical (unpaired) electrons. The van der Waals surface area contributed by atoms with Gasteiger partial charge >= 0.3 is 0 Å². The van der Waals surface area contributed by atoms with Crippen molar-refractivity contribution in [2.45, 2.75) is 32.2 Å². The number of aromatic nitrogens is 2. The molecule has 1 saturated heterocycles. The highest BCUT2D eigenvalue weighted by molar-refractivity contribution is 6.04. The van der Waals surface area contributed by atoms with Crippen LogP contribution in [0.15, 0.2) is 48.6 Å². The topological polar surface area (TPSA) is 70.5 Å². The first-order chi connectivity index (χ1) is 17.2. The van der Waals surface area contributed by atoms with Gasteiger partial charge in [-0.3, -0.25) is 14.9 Å². The lowest BCUT2D eigenvalue weighted by atomic mass is 10.1. The number of anilines is 1. The quantitative estimate of drug-likeness (QED) is 0.510. The molecule has 1 aliphatic rings. The Balaban J connectivity index is 1.69. The normalized spacial score (nSPS) is 16.6. The second kappa shape index (κ2) is 11.0. The number of nitrogens with one attached hydrogen (secondary N) is 1. The molecular formula is C27H31F2N5O2. The molecule has 7 nitrogen and oxygen atoms in total. The third-order valence-corrected chi connectivity index (χ3v) is 6.36. The van der Waals surface area contributed by atoms with Crippen LogP contribution in [0.4, 0.5) is 14.7 Å². The first-order valence-electron chi connectivity index (χ1n) is 12.1. The fourth-order valence-electron chi connectivity index (χ4n) is 4.61. The van der Waals surface area contributed by atoms with Gasteiger partial charge in [-0.15, -0.1) is 0 Å². The van der Waals surface area contributed by atoms with Gasteiger partial charge < -0.3 is 14.4 Å². The van der Waals surface area contributed by atoms with E-state index in [1.54, 1.807) is 6.08 Å². The van der Waals surface area contributed by atoms with Gasteiger partial charge in [0, 0.05) is 25.7 Å². The van der Waals surface area contributed by atoms with Gasteiger partial charge in [-0.2, -0.15) is 0 Å². The Morgan fingerprint density at radius 3 is 2.78 bits per heavy atom. The van der Waals surface area contributed by atoms with E-state index >= 15 is 0 Å². The van der Waals surface area contributed by atoms with Crippen molar-refractivity contribution in [2.24, 2.45) is 0 Å². The largest absolute Gasteiger partial charge is 0.337 e. The minimum Gasteiger partial charge on any atom is -0.337 e. The van der Waals surface area contributed by atoms with Crippen molar-refractivity contribution in [3.05, 3.63) is 71.3 Å². The van der Waals surface area contributed by atoms with E-state index in [-0.39, 0.29) is 17.9 Å². The Labute approximate surface area is 209 Å². The summed E-state index contributed by atoms with van der Waals surface area (Å²) in [4.78, 5) is 34.3. The number of rotatable bonds is 6. The standard InChI is InChI=1S/C27H31F2N5O2/c1-18-8-6-10-23-25(18)34(27(30-23)31-26(36)21-16-19(28)12-13-22(21)29)20-9-4-5-15-33(17-20)24(35)11-7-14-32(2)3/h6-8,10-13,16,20H,4-5,9,14-15,17H2,1-3H3,(H,30,31,36). The molecule has 0 bridgehead atoms. The summed E-state index contributed by atoms with van der Waals surface area (Å²) in [6.45, 7) is 3.72. The number of imidazole rings is 1. The van der Waals surface area contributed by atoms with Gasteiger partial charge in [0.1, 0.15) is 11.6 Å². The number of hydrogen-bond donors (Lipinski definition) is 1. The molecule has 1 aromatic heterocycles. The number of nitrogens with zero attached hydrogens (tertiary/aromatic N) is 4. The Kier molecular flexibility index (Phi) is 7.79. The van der Waals surface area contributed by atoms with Crippen LogP contribution in [0.3, 0.4) is 0 Å². The molecule has 0 saturated carbocycles. The van der Waals surface area contributed by atoms with Crippen molar-refractivity contribution in [2.75, 3.05) is 39.0 Å². The van der Waals surface area contributed by atoms with Crippen LogP contribution in [0.5, 0.6) is 0 Å². The summed E-state index contributed by atoms with van der Waals surface area (Å²) in [5.74, 6) is -2.11. The van der Waals surface area contributed by atoms with Gasteiger partial charge in [0.2, 0.25) is 11.9 Å². The highest BCUT2D eigenvalue weighted by Crippen LogP contribution is 2.32. The van der Waals surface area contributed by atoms with Crippen LogP contribution in [-0.4, -0.2) is 64.9 Å². The fraction of sp³-hybridized carbons (Fsp3) is 0.370. The molecule has 4 rings (SSSR count). The Morgan fingerprint density at radius 2 is 2.00 bits per heavy atom. The van der Waals surface area contributed by atoms with E-state index in [9.17, 15) is 18.4 Å². The zero-order valence-corrected chi connectivity index (χ0v) is 20.8. The van der Waals surface area contributed by atoms with Gasteiger partial charge in [-0.1, -0.05) is 18.2 Å². The number of carbonyl (C=O) groups is 2. The first-order valence-corrected chi connectivity index (χ1v) is 12.1. The third-order valence-electron chi connectivity index (χ3n) is 6.36. The number of likely N-dealkylation sites (N-methyl/N-ethyl adjacent to an activating group) is 1. The van der Waals surface area contributed by atoms with E-state index < -0.39 is 23.1 Å². The molecule has 1 aliphatic heterocycles. The van der Waals surface area contributed by atoms with E-state index in [0.29, 0.717) is 25.2 Å². The average Bonchev–Trinajstić information content (AvgIpc) is 3.02. The zero-order chi connectivity index (χ0) is 25.8. The summed E-state index contributed by atoms with van der Waals surface area (Å²) < 4.78 is 29.9. The van der Waals surface area contributed by atoms with E-state index in [4.69, 9.17) is 0 Å². The van der Waals surface area contributed by atoms with Crippen molar-refractivity contribution in [3.8, 4) is 0 Å². The predicted molar refractivity (Wildman–Crippen MR) is 136 cm³/mol. The number of aryl methyl sites for hydroxylation is 1. The zero-order valence-electron chi connectivity index (χ0n) is 20.8. The van der Waals surface area contributed by atoms with E-state index in [0.717, 1.165) is 48.5 Å². The predicted octanol–water partition coefficient (Wildman–Crippen LogP) is 4.55. The number of para-hydroxylation sites is 1. The molecule has 1 N–H and O–H groups in total. The first kappa shape index (κ1) is 25.5. The summed E-state index contributed by atoms with van der Waals surface area (Å²) in [5.41, 5.74) is 2.09. The van der Waals surface area contributed by atoms with Gasteiger partial charge in [-0.05, 0) is 70.1 Å². The van der Waals surface area contributed by atoms with Crippen molar-refractivity contribution >= 4 is 28.8 Å². The number of amides is 2. The Bertz CT molecular complexity index is 1300. The highest BCUT2D eigenvalue weighted by Gasteiger charge is 2.27. The van der Waals surface area contributed by atoms with Crippen LogP contribution in [0, 0.1) is 18.6 Å². The third kappa shape index (κ3) is 5.62. The van der Waals surface area contributed by atoms with Crippen LogP contribution < -0.4 is 5.32 Å². The number of halogens is 2. The Hall–Kier alpha value is -3.59. The molecule has 0 aliphatic carbocycles. The molecule has 0 spiro atoms. The monoisotopic (exact) mass is 495 g/mol. The van der Waals surface area contributed by atoms with Crippen LogP contribution in [-0.2, 0) is 4.79 Å². The number of benzene rings is 2. The van der Waals surface area contributed by atoms with Crippen LogP contribution >= 0.6 is 0 Å². The lowest BCUT2D eigenvalue weighted by molar-refractivity contribution is -0.126. The van der Waals surface area contributed by atoms with Gasteiger partial charge in [0.15, 0.2) is 0 Å². The number of likely N-dealkylation sites (tertiary alicyclic amines) is 1. The van der Waals surface area contributed by atoms with E-state index in [1.165, 1.54) is 0 Å². The molecule has 1 atom stereocenters. The minimum absolute atomic E-state index is 0.0580. The Morgan fingerprint density at radius 1 is 1.19 bits per heavy atom.